The highest BCUT2D eigenvalue weighted by Gasteiger charge is 2.27. The first kappa shape index (κ1) is 20.5. The van der Waals surface area contributed by atoms with Gasteiger partial charge in [-0.2, -0.15) is 0 Å². The van der Waals surface area contributed by atoms with Crippen molar-refractivity contribution in [1.29, 1.82) is 0 Å². The van der Waals surface area contributed by atoms with Gasteiger partial charge in [0.05, 0.1) is 6.04 Å². The van der Waals surface area contributed by atoms with Crippen LogP contribution in [0.15, 0.2) is 24.3 Å². The molecule has 1 aromatic carbocycles. The number of carbonyl (C=O) groups is 2. The molecule has 0 radical (unpaired) electrons. The topological polar surface area (TPSA) is 75.4 Å². The maximum absolute atomic E-state index is 12.5. The minimum Gasteiger partial charge on any atom is -0.339 e. The highest BCUT2D eigenvalue weighted by molar-refractivity contribution is 5.98. The van der Waals surface area contributed by atoms with E-state index in [9.17, 15) is 9.59 Å². The number of likely N-dealkylation sites (tertiary alicyclic amines) is 1. The molecule has 0 aliphatic carbocycles. The van der Waals surface area contributed by atoms with Crippen LogP contribution in [0.1, 0.15) is 50.4 Å². The van der Waals surface area contributed by atoms with Gasteiger partial charge in [-0.15, -0.1) is 12.4 Å². The van der Waals surface area contributed by atoms with Gasteiger partial charge in [0.15, 0.2) is 0 Å². The average Bonchev–Trinajstić information content (AvgIpc) is 2.53. The minimum absolute atomic E-state index is 0. The first-order valence-electron chi connectivity index (χ1n) is 8.25. The van der Waals surface area contributed by atoms with E-state index in [0.29, 0.717) is 11.3 Å². The van der Waals surface area contributed by atoms with Crippen molar-refractivity contribution in [3.63, 3.8) is 0 Å². The molecular formula is C18H28ClN3O2. The zero-order valence-electron chi connectivity index (χ0n) is 14.7. The number of amides is 2. The summed E-state index contributed by atoms with van der Waals surface area (Å²) in [6.45, 7) is 7.39. The molecule has 0 spiro atoms. The summed E-state index contributed by atoms with van der Waals surface area (Å²) in [5.41, 5.74) is 6.87. The molecule has 134 valence electrons. The monoisotopic (exact) mass is 353 g/mol. The second kappa shape index (κ2) is 8.49. The normalized spacial score (nSPS) is 16.1. The number of nitrogens with one attached hydrogen (secondary N) is 1. The summed E-state index contributed by atoms with van der Waals surface area (Å²) < 4.78 is 0. The van der Waals surface area contributed by atoms with E-state index >= 15 is 0 Å². The highest BCUT2D eigenvalue weighted by Crippen LogP contribution is 2.20. The fraction of sp³-hybridized carbons (Fsp3) is 0.556. The quantitative estimate of drug-likeness (QED) is 0.876. The van der Waals surface area contributed by atoms with E-state index in [1.165, 1.54) is 6.42 Å². The largest absolute Gasteiger partial charge is 0.339 e. The summed E-state index contributed by atoms with van der Waals surface area (Å²) in [7, 11) is 0. The van der Waals surface area contributed by atoms with Gasteiger partial charge in [-0.05, 0) is 42.9 Å². The number of piperidine rings is 1. The molecule has 1 heterocycles. The third kappa shape index (κ3) is 5.21. The maximum atomic E-state index is 12.5. The van der Waals surface area contributed by atoms with Crippen LogP contribution in [0.25, 0.3) is 0 Å². The first-order chi connectivity index (χ1) is 10.8. The van der Waals surface area contributed by atoms with E-state index < -0.39 is 6.04 Å². The van der Waals surface area contributed by atoms with Gasteiger partial charge in [-0.25, -0.2) is 0 Å². The van der Waals surface area contributed by atoms with E-state index in [0.717, 1.165) is 25.9 Å². The van der Waals surface area contributed by atoms with E-state index in [1.54, 1.807) is 24.3 Å². The summed E-state index contributed by atoms with van der Waals surface area (Å²) in [6, 6.07) is 6.47. The summed E-state index contributed by atoms with van der Waals surface area (Å²) in [5.74, 6) is -0.207. The first-order valence-corrected chi connectivity index (χ1v) is 8.25. The van der Waals surface area contributed by atoms with Crippen molar-refractivity contribution in [3.8, 4) is 0 Å². The van der Waals surface area contributed by atoms with Gasteiger partial charge in [0.1, 0.15) is 0 Å². The number of benzene rings is 1. The number of anilines is 1. The Balaban J connectivity index is 0.00000288. The summed E-state index contributed by atoms with van der Waals surface area (Å²) in [6.07, 6.45) is 3.30. The van der Waals surface area contributed by atoms with Crippen molar-refractivity contribution in [2.45, 2.75) is 46.1 Å². The molecule has 1 aromatic rings. The van der Waals surface area contributed by atoms with Crippen LogP contribution in [0.3, 0.4) is 0 Å². The van der Waals surface area contributed by atoms with Gasteiger partial charge >= 0.3 is 0 Å². The predicted octanol–water partition coefficient (Wildman–Crippen LogP) is 3.05. The smallest absolute Gasteiger partial charge is 0.253 e. The average molecular weight is 354 g/mol. The van der Waals surface area contributed by atoms with E-state index in [-0.39, 0.29) is 29.6 Å². The molecule has 0 unspecified atom stereocenters. The molecule has 1 saturated heterocycles. The molecule has 6 heteroatoms. The van der Waals surface area contributed by atoms with E-state index in [4.69, 9.17) is 5.73 Å². The lowest BCUT2D eigenvalue weighted by Gasteiger charge is -2.27. The molecule has 0 saturated carbocycles. The van der Waals surface area contributed by atoms with Crippen LogP contribution in [0.5, 0.6) is 0 Å². The van der Waals surface area contributed by atoms with Crippen molar-refractivity contribution < 1.29 is 9.59 Å². The second-order valence-electron chi connectivity index (χ2n) is 7.27. The SMILES string of the molecule is CC(C)(C)[C@H](N)C(=O)Nc1cccc(C(=O)N2CCCCC2)c1.Cl. The number of rotatable bonds is 3. The van der Waals surface area contributed by atoms with Crippen LogP contribution < -0.4 is 11.1 Å². The molecule has 2 amide bonds. The Morgan fingerprint density at radius 2 is 1.79 bits per heavy atom. The third-order valence-corrected chi connectivity index (χ3v) is 4.24. The predicted molar refractivity (Wildman–Crippen MR) is 99.5 cm³/mol. The Labute approximate surface area is 150 Å². The molecule has 5 nitrogen and oxygen atoms in total. The summed E-state index contributed by atoms with van der Waals surface area (Å²) >= 11 is 0. The van der Waals surface area contributed by atoms with E-state index in [2.05, 4.69) is 5.32 Å². The summed E-state index contributed by atoms with van der Waals surface area (Å²) in [4.78, 5) is 26.6. The molecule has 0 aromatic heterocycles. The Kier molecular flexibility index (Phi) is 7.24. The van der Waals surface area contributed by atoms with Crippen LogP contribution in [-0.4, -0.2) is 35.8 Å². The fourth-order valence-corrected chi connectivity index (χ4v) is 2.62. The van der Waals surface area contributed by atoms with Gasteiger partial charge in [0.25, 0.3) is 5.91 Å². The Morgan fingerprint density at radius 3 is 2.38 bits per heavy atom. The third-order valence-electron chi connectivity index (χ3n) is 4.24. The maximum Gasteiger partial charge on any atom is 0.253 e. The van der Waals surface area contributed by atoms with Crippen LogP contribution >= 0.6 is 12.4 Å². The number of hydrogen-bond donors (Lipinski definition) is 2. The van der Waals surface area contributed by atoms with Crippen LogP contribution in [0.2, 0.25) is 0 Å². The number of hydrogen-bond acceptors (Lipinski definition) is 3. The Morgan fingerprint density at radius 1 is 1.17 bits per heavy atom. The number of carbonyl (C=O) groups excluding carboxylic acids is 2. The zero-order valence-corrected chi connectivity index (χ0v) is 15.5. The number of nitrogens with two attached hydrogens (primary N) is 1. The highest BCUT2D eigenvalue weighted by atomic mass is 35.5. The van der Waals surface area contributed by atoms with Gasteiger partial charge in [0.2, 0.25) is 5.91 Å². The van der Waals surface area contributed by atoms with Gasteiger partial charge in [-0.3, -0.25) is 9.59 Å². The number of halogens is 1. The van der Waals surface area contributed by atoms with Crippen LogP contribution in [0.4, 0.5) is 5.69 Å². The van der Waals surface area contributed by atoms with Gasteiger partial charge in [0, 0.05) is 24.3 Å². The van der Waals surface area contributed by atoms with Crippen LogP contribution in [0, 0.1) is 5.41 Å². The lowest BCUT2D eigenvalue weighted by Crippen LogP contribution is -2.45. The molecule has 1 aliphatic heterocycles. The molecular weight excluding hydrogens is 326 g/mol. The molecule has 3 N–H and O–H groups in total. The minimum atomic E-state index is -0.607. The van der Waals surface area contributed by atoms with Crippen molar-refractivity contribution in [2.24, 2.45) is 11.1 Å². The van der Waals surface area contributed by atoms with Crippen molar-refractivity contribution in [3.05, 3.63) is 29.8 Å². The molecule has 1 aliphatic rings. The molecule has 2 rings (SSSR count). The Bertz CT molecular complexity index is 578. The van der Waals surface area contributed by atoms with Gasteiger partial charge < -0.3 is 16.0 Å². The fourth-order valence-electron chi connectivity index (χ4n) is 2.62. The molecule has 0 bridgehead atoms. The Hall–Kier alpha value is -1.59. The van der Waals surface area contributed by atoms with Crippen LogP contribution in [-0.2, 0) is 4.79 Å². The molecule has 24 heavy (non-hydrogen) atoms. The lowest BCUT2D eigenvalue weighted by atomic mass is 9.87. The molecule has 1 atom stereocenters. The van der Waals surface area contributed by atoms with Gasteiger partial charge in [-0.1, -0.05) is 26.8 Å². The standard InChI is InChI=1S/C18H27N3O2.ClH/c1-18(2,3)15(19)16(22)20-14-9-7-8-13(12-14)17(23)21-10-5-4-6-11-21;/h7-9,12,15H,4-6,10-11,19H2,1-3H3,(H,20,22);1H/t15-;/m1./s1. The van der Waals surface area contributed by atoms with Crippen molar-refractivity contribution in [1.82, 2.24) is 4.90 Å². The van der Waals surface area contributed by atoms with Crippen molar-refractivity contribution in [2.75, 3.05) is 18.4 Å². The van der Waals surface area contributed by atoms with Crippen molar-refractivity contribution >= 4 is 29.9 Å². The number of nitrogens with zero attached hydrogens (tertiary/aromatic N) is 1. The zero-order chi connectivity index (χ0) is 17.0. The van der Waals surface area contributed by atoms with E-state index in [1.807, 2.05) is 25.7 Å². The molecule has 1 fully saturated rings. The summed E-state index contributed by atoms with van der Waals surface area (Å²) in [5, 5.41) is 2.81. The lowest BCUT2D eigenvalue weighted by molar-refractivity contribution is -0.119. The second-order valence-corrected chi connectivity index (χ2v) is 7.27.